The second-order valence-corrected chi connectivity index (χ2v) is 8.94. The third-order valence-corrected chi connectivity index (χ3v) is 6.61. The molecule has 1 unspecified atom stereocenters. The van der Waals surface area contributed by atoms with Crippen LogP contribution < -0.4 is 15.0 Å². The molecule has 1 aliphatic heterocycles. The van der Waals surface area contributed by atoms with E-state index in [1.807, 2.05) is 0 Å². The topological polar surface area (TPSA) is 126 Å². The molecule has 4 rings (SSSR count). The lowest BCUT2D eigenvalue weighted by Gasteiger charge is -2.35. The first-order valence-electron chi connectivity index (χ1n) is 9.91. The van der Waals surface area contributed by atoms with Gasteiger partial charge in [0.15, 0.2) is 11.9 Å². The summed E-state index contributed by atoms with van der Waals surface area (Å²) in [4.78, 5) is 38.8. The number of fused-ring (bicyclic) bond motifs is 2. The van der Waals surface area contributed by atoms with Crippen LogP contribution in [0.5, 0.6) is 5.75 Å². The standard InChI is InChI=1S/C21H20N4O5S/c1-11(2)19-21(27)24(15-7-6-12(25(28)29)8-16(15)30-19)10-18(26)23-20-14(9-22)13-4-3-5-17(13)31-20/h6-8,11,19H,3-5,10H2,1-2H3,(H,23,26). The van der Waals surface area contributed by atoms with Gasteiger partial charge in [0, 0.05) is 10.9 Å². The van der Waals surface area contributed by atoms with Crippen LogP contribution in [0.25, 0.3) is 0 Å². The van der Waals surface area contributed by atoms with Crippen molar-refractivity contribution >= 4 is 39.5 Å². The maximum Gasteiger partial charge on any atom is 0.273 e. The number of anilines is 2. The van der Waals surface area contributed by atoms with E-state index in [2.05, 4.69) is 11.4 Å². The summed E-state index contributed by atoms with van der Waals surface area (Å²) in [5.41, 5.74) is 1.64. The quantitative estimate of drug-likeness (QED) is 0.561. The Morgan fingerprint density at radius 2 is 2.23 bits per heavy atom. The Morgan fingerprint density at radius 1 is 1.45 bits per heavy atom. The van der Waals surface area contributed by atoms with Crippen molar-refractivity contribution in [2.75, 3.05) is 16.8 Å². The molecule has 0 saturated heterocycles. The number of carbonyl (C=O) groups excluding carboxylic acids is 2. The average Bonchev–Trinajstić information content (AvgIpc) is 3.29. The maximum atomic E-state index is 13.0. The van der Waals surface area contributed by atoms with E-state index in [1.54, 1.807) is 13.8 Å². The summed E-state index contributed by atoms with van der Waals surface area (Å²) in [6.45, 7) is 3.31. The van der Waals surface area contributed by atoms with E-state index >= 15 is 0 Å². The fourth-order valence-electron chi connectivity index (χ4n) is 3.90. The molecule has 1 N–H and O–H groups in total. The molecule has 9 nitrogen and oxygen atoms in total. The molecule has 0 saturated carbocycles. The van der Waals surface area contributed by atoms with Gasteiger partial charge in [0.2, 0.25) is 5.91 Å². The fraction of sp³-hybridized carbons (Fsp3) is 0.381. The van der Waals surface area contributed by atoms with Crippen molar-refractivity contribution in [1.29, 1.82) is 5.26 Å². The molecule has 31 heavy (non-hydrogen) atoms. The number of nitro groups is 1. The lowest BCUT2D eigenvalue weighted by atomic mass is 10.0. The normalized spacial score (nSPS) is 17.0. The van der Waals surface area contributed by atoms with Crippen molar-refractivity contribution in [1.82, 2.24) is 0 Å². The SMILES string of the molecule is CC(C)C1Oc2cc([N+](=O)[O-])ccc2N(CC(=O)Nc2sc3c(c2C#N)CCC3)C1=O. The zero-order valence-electron chi connectivity index (χ0n) is 17.0. The van der Waals surface area contributed by atoms with Crippen molar-refractivity contribution < 1.29 is 19.2 Å². The number of benzene rings is 1. The lowest BCUT2D eigenvalue weighted by molar-refractivity contribution is -0.384. The van der Waals surface area contributed by atoms with Gasteiger partial charge >= 0.3 is 0 Å². The monoisotopic (exact) mass is 440 g/mol. The lowest BCUT2D eigenvalue weighted by Crippen LogP contribution is -2.50. The van der Waals surface area contributed by atoms with Gasteiger partial charge in [-0.25, -0.2) is 0 Å². The minimum Gasteiger partial charge on any atom is -0.478 e. The molecule has 1 aromatic heterocycles. The Kier molecular flexibility index (Phi) is 5.37. The van der Waals surface area contributed by atoms with Crippen LogP contribution in [-0.2, 0) is 22.4 Å². The summed E-state index contributed by atoms with van der Waals surface area (Å²) in [5.74, 6) is -0.844. The number of nitrogens with zero attached hydrogens (tertiary/aromatic N) is 3. The first-order valence-corrected chi connectivity index (χ1v) is 10.7. The molecule has 0 spiro atoms. The fourth-order valence-corrected chi connectivity index (χ4v) is 5.15. The number of carbonyl (C=O) groups is 2. The van der Waals surface area contributed by atoms with Gasteiger partial charge in [-0.15, -0.1) is 11.3 Å². The van der Waals surface area contributed by atoms with Gasteiger partial charge in [0.1, 0.15) is 17.6 Å². The van der Waals surface area contributed by atoms with Crippen LogP contribution in [0.2, 0.25) is 0 Å². The number of nitriles is 1. The van der Waals surface area contributed by atoms with E-state index in [4.69, 9.17) is 4.74 Å². The molecule has 2 aromatic rings. The molecule has 160 valence electrons. The number of non-ortho nitro benzene ring substituents is 1. The van der Waals surface area contributed by atoms with Crippen molar-refractivity contribution in [2.45, 2.75) is 39.2 Å². The minimum absolute atomic E-state index is 0.160. The number of thiophene rings is 1. The predicted octanol–water partition coefficient (Wildman–Crippen LogP) is 3.41. The Bertz CT molecular complexity index is 1130. The summed E-state index contributed by atoms with van der Waals surface area (Å²) in [6.07, 6.45) is 1.87. The van der Waals surface area contributed by atoms with Gasteiger partial charge in [0.05, 0.1) is 22.2 Å². The van der Waals surface area contributed by atoms with Crippen molar-refractivity contribution in [2.24, 2.45) is 5.92 Å². The summed E-state index contributed by atoms with van der Waals surface area (Å²) in [7, 11) is 0. The van der Waals surface area contributed by atoms with Gasteiger partial charge < -0.3 is 10.1 Å². The molecule has 2 amide bonds. The number of amides is 2. The van der Waals surface area contributed by atoms with Crippen molar-refractivity contribution in [3.63, 3.8) is 0 Å². The maximum absolute atomic E-state index is 13.0. The van der Waals surface area contributed by atoms with Crippen LogP contribution in [0.3, 0.4) is 0 Å². The molecular formula is C21H20N4O5S. The Morgan fingerprint density at radius 3 is 2.90 bits per heavy atom. The van der Waals surface area contributed by atoms with Gasteiger partial charge in [0.25, 0.3) is 11.6 Å². The highest BCUT2D eigenvalue weighted by molar-refractivity contribution is 7.16. The van der Waals surface area contributed by atoms with Crippen LogP contribution in [0, 0.1) is 27.4 Å². The van der Waals surface area contributed by atoms with Crippen LogP contribution >= 0.6 is 11.3 Å². The van der Waals surface area contributed by atoms with E-state index in [-0.39, 0.29) is 29.8 Å². The second-order valence-electron chi connectivity index (χ2n) is 7.84. The van der Waals surface area contributed by atoms with Gasteiger partial charge in [-0.1, -0.05) is 13.8 Å². The predicted molar refractivity (Wildman–Crippen MR) is 114 cm³/mol. The van der Waals surface area contributed by atoms with Crippen LogP contribution in [0.15, 0.2) is 18.2 Å². The van der Waals surface area contributed by atoms with Gasteiger partial charge in [-0.05, 0) is 36.8 Å². The van der Waals surface area contributed by atoms with Crippen LogP contribution in [0.4, 0.5) is 16.4 Å². The largest absolute Gasteiger partial charge is 0.478 e. The summed E-state index contributed by atoms with van der Waals surface area (Å²) in [6, 6.07) is 6.13. The first kappa shape index (κ1) is 20.8. The smallest absolute Gasteiger partial charge is 0.273 e. The van der Waals surface area contributed by atoms with E-state index in [9.17, 15) is 25.0 Å². The highest BCUT2D eigenvalue weighted by Gasteiger charge is 2.38. The number of ether oxygens (including phenoxy) is 1. The van der Waals surface area contributed by atoms with E-state index in [1.165, 1.54) is 34.4 Å². The number of hydrogen-bond donors (Lipinski definition) is 1. The van der Waals surface area contributed by atoms with Crippen LogP contribution in [-0.4, -0.2) is 29.4 Å². The minimum atomic E-state index is -0.859. The molecule has 2 aliphatic rings. The molecule has 1 atom stereocenters. The third-order valence-electron chi connectivity index (χ3n) is 5.40. The van der Waals surface area contributed by atoms with E-state index < -0.39 is 16.9 Å². The Labute approximate surface area is 182 Å². The third kappa shape index (κ3) is 3.72. The summed E-state index contributed by atoms with van der Waals surface area (Å²) < 4.78 is 5.74. The number of hydrogen-bond acceptors (Lipinski definition) is 7. The molecule has 1 aliphatic carbocycles. The first-order chi connectivity index (χ1) is 14.8. The van der Waals surface area contributed by atoms with Crippen molar-refractivity contribution in [3.8, 4) is 11.8 Å². The molecule has 1 aromatic carbocycles. The zero-order chi connectivity index (χ0) is 22.3. The van der Waals surface area contributed by atoms with Crippen LogP contribution in [0.1, 0.15) is 36.3 Å². The van der Waals surface area contributed by atoms with Crippen molar-refractivity contribution in [3.05, 3.63) is 44.3 Å². The number of rotatable bonds is 5. The Hall–Kier alpha value is -3.45. The number of aryl methyl sites for hydroxylation is 1. The Balaban J connectivity index is 1.61. The number of nitrogens with one attached hydrogen (secondary N) is 1. The van der Waals surface area contributed by atoms with Gasteiger partial charge in [-0.3, -0.25) is 24.6 Å². The van der Waals surface area contributed by atoms with E-state index in [0.29, 0.717) is 16.3 Å². The molecule has 0 bridgehead atoms. The van der Waals surface area contributed by atoms with E-state index in [0.717, 1.165) is 29.7 Å². The summed E-state index contributed by atoms with van der Waals surface area (Å²) >= 11 is 1.40. The number of nitro benzene ring substituents is 1. The van der Waals surface area contributed by atoms with Gasteiger partial charge in [-0.2, -0.15) is 5.26 Å². The highest BCUT2D eigenvalue weighted by Crippen LogP contribution is 2.40. The molecule has 2 heterocycles. The zero-order valence-corrected chi connectivity index (χ0v) is 17.8. The molecular weight excluding hydrogens is 420 g/mol. The summed E-state index contributed by atoms with van der Waals surface area (Å²) in [5, 5.41) is 23.9. The second kappa shape index (κ2) is 8.00. The average molecular weight is 440 g/mol. The molecule has 0 fully saturated rings. The molecule has 10 heteroatoms. The highest BCUT2D eigenvalue weighted by atomic mass is 32.1. The molecule has 0 radical (unpaired) electrons.